The number of nitrogens with zero attached hydrogens (tertiary/aromatic N) is 5. The number of imidazole rings is 1. The molecule has 0 aliphatic heterocycles. The van der Waals surface area contributed by atoms with Crippen molar-refractivity contribution >= 4 is 33.5 Å². The second-order valence-electron chi connectivity index (χ2n) is 5.84. The van der Waals surface area contributed by atoms with E-state index >= 15 is 0 Å². The minimum atomic E-state index is -0.322. The number of rotatable bonds is 3. The highest BCUT2D eigenvalue weighted by Gasteiger charge is 2.16. The summed E-state index contributed by atoms with van der Waals surface area (Å²) in [6, 6.07) is 8.94. The minimum absolute atomic E-state index is 0.322. The number of fused-ring (bicyclic) bond motifs is 2. The highest BCUT2D eigenvalue weighted by molar-refractivity contribution is 7.08. The highest BCUT2D eigenvalue weighted by atomic mass is 32.1. The van der Waals surface area contributed by atoms with E-state index in [1.165, 1.54) is 6.07 Å². The molecule has 0 fully saturated rings. The number of para-hydroxylation sites is 1. The predicted octanol–water partition coefficient (Wildman–Crippen LogP) is 4.29. The van der Waals surface area contributed by atoms with Crippen molar-refractivity contribution in [2.24, 2.45) is 0 Å². The van der Waals surface area contributed by atoms with Crippen LogP contribution in [0.5, 0.6) is 0 Å². The monoisotopic (exact) mass is 361 g/mol. The molecule has 1 aromatic carbocycles. The van der Waals surface area contributed by atoms with Gasteiger partial charge in [-0.1, -0.05) is 12.1 Å². The predicted molar refractivity (Wildman–Crippen MR) is 99.4 cm³/mol. The average molecular weight is 361 g/mol. The van der Waals surface area contributed by atoms with Crippen LogP contribution in [0.2, 0.25) is 0 Å². The minimum Gasteiger partial charge on any atom is -0.303 e. The molecule has 0 radical (unpaired) electrons. The molecule has 0 spiro atoms. The summed E-state index contributed by atoms with van der Waals surface area (Å²) in [6.45, 7) is 0.503. The first kappa shape index (κ1) is 15.1. The van der Waals surface area contributed by atoms with E-state index in [4.69, 9.17) is 0 Å². The Bertz CT molecular complexity index is 1230. The van der Waals surface area contributed by atoms with Gasteiger partial charge in [-0.05, 0) is 29.1 Å². The largest absolute Gasteiger partial charge is 0.303 e. The van der Waals surface area contributed by atoms with E-state index in [1.807, 2.05) is 33.5 Å². The summed E-state index contributed by atoms with van der Waals surface area (Å²) in [5.74, 6) is 0.478. The zero-order valence-corrected chi connectivity index (χ0v) is 14.3. The van der Waals surface area contributed by atoms with Crippen molar-refractivity contribution in [3.63, 3.8) is 0 Å². The molecule has 4 heterocycles. The Hall–Kier alpha value is -3.19. The van der Waals surface area contributed by atoms with Crippen LogP contribution in [0.15, 0.2) is 59.7 Å². The maximum Gasteiger partial charge on any atom is 0.198 e. The van der Waals surface area contributed by atoms with Crippen molar-refractivity contribution in [2.45, 2.75) is 6.54 Å². The lowest BCUT2D eigenvalue weighted by molar-refractivity contribution is 0.636. The number of hydrogen-bond acceptors (Lipinski definition) is 5. The van der Waals surface area contributed by atoms with Gasteiger partial charge in [0.1, 0.15) is 17.2 Å². The van der Waals surface area contributed by atoms with Crippen molar-refractivity contribution in [3.8, 4) is 11.4 Å². The quantitative estimate of drug-likeness (QED) is 0.481. The van der Waals surface area contributed by atoms with Gasteiger partial charge in [-0.3, -0.25) is 4.98 Å². The van der Waals surface area contributed by atoms with Gasteiger partial charge in [0.2, 0.25) is 0 Å². The Labute approximate surface area is 151 Å². The van der Waals surface area contributed by atoms with Crippen LogP contribution in [0, 0.1) is 5.82 Å². The molecule has 0 N–H and O–H groups in total. The third-order valence-corrected chi connectivity index (χ3v) is 4.99. The summed E-state index contributed by atoms with van der Waals surface area (Å²) in [5, 5.41) is 4.84. The number of aromatic nitrogens is 5. The fraction of sp³-hybridized carbons (Fsp3) is 0.0526. The summed E-state index contributed by atoms with van der Waals surface area (Å²) in [6.07, 6.45) is 4.92. The van der Waals surface area contributed by atoms with Crippen LogP contribution in [0.25, 0.3) is 33.6 Å². The van der Waals surface area contributed by atoms with E-state index in [1.54, 1.807) is 36.0 Å². The Morgan fingerprint density at radius 1 is 1.00 bits per heavy atom. The number of hydrogen-bond donors (Lipinski definition) is 0. The molecule has 0 aliphatic carbocycles. The first-order valence-electron chi connectivity index (χ1n) is 8.03. The van der Waals surface area contributed by atoms with Gasteiger partial charge in [0.25, 0.3) is 0 Å². The smallest absolute Gasteiger partial charge is 0.198 e. The molecule has 4 aromatic heterocycles. The molecule has 126 valence electrons. The first-order chi connectivity index (χ1) is 12.8. The average Bonchev–Trinajstić information content (AvgIpc) is 3.31. The molecule has 0 bridgehead atoms. The third kappa shape index (κ3) is 2.36. The SMILES string of the molecule is Fc1cccc2c(Cn3c(-c4ccsc4)nc4nccnc43)ccnc12. The summed E-state index contributed by atoms with van der Waals surface area (Å²) >= 11 is 1.61. The second kappa shape index (κ2) is 5.96. The molecule has 0 aliphatic rings. The maximum absolute atomic E-state index is 14.1. The molecular formula is C19H12FN5S. The maximum atomic E-state index is 14.1. The zero-order valence-electron chi connectivity index (χ0n) is 13.5. The van der Waals surface area contributed by atoms with Gasteiger partial charge in [-0.25, -0.2) is 19.3 Å². The number of thiophene rings is 1. The Balaban J connectivity index is 1.73. The van der Waals surface area contributed by atoms with Crippen molar-refractivity contribution in [2.75, 3.05) is 0 Å². The number of pyridine rings is 1. The molecule has 26 heavy (non-hydrogen) atoms. The van der Waals surface area contributed by atoms with Crippen LogP contribution in [0.1, 0.15) is 5.56 Å². The first-order valence-corrected chi connectivity index (χ1v) is 8.97. The summed E-state index contributed by atoms with van der Waals surface area (Å²) < 4.78 is 16.1. The lowest BCUT2D eigenvalue weighted by atomic mass is 10.1. The zero-order chi connectivity index (χ0) is 17.5. The van der Waals surface area contributed by atoms with E-state index in [0.717, 1.165) is 22.3 Å². The Kier molecular flexibility index (Phi) is 3.46. The van der Waals surface area contributed by atoms with E-state index in [-0.39, 0.29) is 5.82 Å². The standard InChI is InChI=1S/C19H12FN5S/c20-15-3-1-2-14-12(4-6-21-16(14)15)10-25-18(13-5-9-26-11-13)24-17-19(25)23-8-7-22-17/h1-9,11H,10H2. The van der Waals surface area contributed by atoms with Gasteiger partial charge in [0.15, 0.2) is 11.3 Å². The van der Waals surface area contributed by atoms with Crippen LogP contribution < -0.4 is 0 Å². The van der Waals surface area contributed by atoms with Gasteiger partial charge >= 0.3 is 0 Å². The Morgan fingerprint density at radius 3 is 2.81 bits per heavy atom. The van der Waals surface area contributed by atoms with Gasteiger partial charge in [0.05, 0.1) is 6.54 Å². The number of benzene rings is 1. The molecule has 7 heteroatoms. The molecule has 5 rings (SSSR count). The van der Waals surface area contributed by atoms with Crippen molar-refractivity contribution in [3.05, 3.63) is 71.1 Å². The van der Waals surface area contributed by atoms with E-state index in [2.05, 4.69) is 19.9 Å². The topological polar surface area (TPSA) is 56.5 Å². The van der Waals surface area contributed by atoms with Gasteiger partial charge in [-0.15, -0.1) is 0 Å². The molecule has 0 atom stereocenters. The fourth-order valence-corrected chi connectivity index (χ4v) is 3.76. The molecule has 0 amide bonds. The van der Waals surface area contributed by atoms with Crippen LogP contribution in [-0.2, 0) is 6.54 Å². The fourth-order valence-electron chi connectivity index (χ4n) is 3.12. The van der Waals surface area contributed by atoms with Gasteiger partial charge in [-0.2, -0.15) is 11.3 Å². The summed E-state index contributed by atoms with van der Waals surface area (Å²) in [5.41, 5.74) is 3.64. The number of halogens is 1. The van der Waals surface area contributed by atoms with Gasteiger partial charge in [0, 0.05) is 34.9 Å². The lowest BCUT2D eigenvalue weighted by Crippen LogP contribution is -2.04. The summed E-state index contributed by atoms with van der Waals surface area (Å²) in [4.78, 5) is 17.6. The second-order valence-corrected chi connectivity index (χ2v) is 6.62. The normalized spacial score (nSPS) is 11.4. The summed E-state index contributed by atoms with van der Waals surface area (Å²) in [7, 11) is 0. The van der Waals surface area contributed by atoms with Crippen LogP contribution in [0.4, 0.5) is 4.39 Å². The van der Waals surface area contributed by atoms with E-state index < -0.39 is 0 Å². The van der Waals surface area contributed by atoms with Crippen LogP contribution in [-0.4, -0.2) is 24.5 Å². The van der Waals surface area contributed by atoms with Crippen LogP contribution >= 0.6 is 11.3 Å². The highest BCUT2D eigenvalue weighted by Crippen LogP contribution is 2.27. The molecule has 0 unspecified atom stereocenters. The van der Waals surface area contributed by atoms with Crippen LogP contribution in [0.3, 0.4) is 0 Å². The lowest BCUT2D eigenvalue weighted by Gasteiger charge is -2.10. The Morgan fingerprint density at radius 2 is 1.92 bits per heavy atom. The third-order valence-electron chi connectivity index (χ3n) is 4.30. The van der Waals surface area contributed by atoms with Crippen molar-refractivity contribution < 1.29 is 4.39 Å². The van der Waals surface area contributed by atoms with E-state index in [0.29, 0.717) is 23.4 Å². The van der Waals surface area contributed by atoms with Gasteiger partial charge < -0.3 is 4.57 Å². The molecular weight excluding hydrogens is 349 g/mol. The van der Waals surface area contributed by atoms with Crippen molar-refractivity contribution in [1.82, 2.24) is 24.5 Å². The molecule has 5 aromatic rings. The molecule has 0 saturated carbocycles. The molecule has 0 saturated heterocycles. The van der Waals surface area contributed by atoms with Crippen molar-refractivity contribution in [1.29, 1.82) is 0 Å². The molecule has 5 nitrogen and oxygen atoms in total. The van der Waals surface area contributed by atoms with E-state index in [9.17, 15) is 4.39 Å².